The molecule has 1 aromatic carbocycles. The lowest BCUT2D eigenvalue weighted by Crippen LogP contribution is -2.41. The number of hydrogen-bond donors (Lipinski definition) is 1. The molecule has 1 aromatic rings. The topological polar surface area (TPSA) is 80.4 Å². The predicted octanol–water partition coefficient (Wildman–Crippen LogP) is 3.31. The van der Waals surface area contributed by atoms with E-state index in [1.807, 2.05) is 0 Å². The van der Waals surface area contributed by atoms with Crippen LogP contribution in [0.25, 0.3) is 0 Å². The molecule has 0 bridgehead atoms. The average molecular weight is 323 g/mol. The number of nitro groups is 1. The van der Waals surface area contributed by atoms with E-state index in [1.165, 1.54) is 0 Å². The molecular formula is C12H14ClFNO4S+. The zero-order chi connectivity index (χ0) is 14.9. The minimum atomic E-state index is -2.61. The quantitative estimate of drug-likeness (QED) is 0.512. The van der Waals surface area contributed by atoms with Gasteiger partial charge in [-0.15, -0.1) is 0 Å². The lowest BCUT2D eigenvalue weighted by Gasteiger charge is -2.23. The molecule has 0 saturated carbocycles. The number of nitro benzene ring substituents is 1. The Morgan fingerprint density at radius 2 is 2.15 bits per heavy atom. The summed E-state index contributed by atoms with van der Waals surface area (Å²) in [6.07, 6.45) is 1.43. The first-order chi connectivity index (χ1) is 9.28. The van der Waals surface area contributed by atoms with Crippen LogP contribution < -0.4 is 0 Å². The molecule has 0 amide bonds. The average Bonchev–Trinajstić information content (AvgIpc) is 2.28. The molecule has 1 saturated heterocycles. The number of rotatable bonds is 5. The second-order valence-electron chi connectivity index (χ2n) is 5.01. The van der Waals surface area contributed by atoms with Crippen molar-refractivity contribution in [3.63, 3.8) is 0 Å². The van der Waals surface area contributed by atoms with Crippen LogP contribution in [-0.2, 0) is 20.8 Å². The molecule has 0 aliphatic carbocycles. The monoisotopic (exact) mass is 322 g/mol. The first-order valence-electron chi connectivity index (χ1n) is 6.13. The van der Waals surface area contributed by atoms with E-state index < -0.39 is 21.0 Å². The van der Waals surface area contributed by atoms with Crippen LogP contribution in [0.4, 0.5) is 10.1 Å². The fourth-order valence-corrected chi connectivity index (χ4v) is 4.33. The summed E-state index contributed by atoms with van der Waals surface area (Å²) in [6, 6.07) is 2.21. The van der Waals surface area contributed by atoms with Gasteiger partial charge in [-0.2, -0.15) is 4.55 Å². The molecule has 0 unspecified atom stereocenters. The van der Waals surface area contributed by atoms with Crippen LogP contribution in [0, 0.1) is 21.8 Å². The Balaban J connectivity index is 1.99. The molecular weight excluding hydrogens is 309 g/mol. The largest absolute Gasteiger partial charge is 0.277 e. The van der Waals surface area contributed by atoms with E-state index in [4.69, 9.17) is 16.2 Å². The van der Waals surface area contributed by atoms with Gasteiger partial charge in [-0.3, -0.25) is 10.1 Å². The lowest BCUT2D eigenvalue weighted by atomic mass is 10.0. The summed E-state index contributed by atoms with van der Waals surface area (Å²) in [5.74, 6) is 0.0295. The first-order valence-corrected chi connectivity index (χ1v) is 8.36. The number of hydrogen-bond acceptors (Lipinski definition) is 3. The first kappa shape index (κ1) is 15.3. The van der Waals surface area contributed by atoms with Crippen molar-refractivity contribution >= 4 is 27.5 Å². The van der Waals surface area contributed by atoms with Gasteiger partial charge in [-0.05, 0) is 25.3 Å². The zero-order valence-corrected chi connectivity index (χ0v) is 12.1. The second kappa shape index (κ2) is 5.75. The van der Waals surface area contributed by atoms with Crippen LogP contribution in [-0.4, -0.2) is 21.0 Å². The minimum absolute atomic E-state index is 0.00281. The Hall–Kier alpha value is -1.05. The Kier molecular flexibility index (Phi) is 4.41. The molecule has 5 nitrogen and oxygen atoms in total. The van der Waals surface area contributed by atoms with Gasteiger partial charge in [0.15, 0.2) is 0 Å². The Morgan fingerprint density at radius 1 is 1.50 bits per heavy atom. The molecule has 20 heavy (non-hydrogen) atoms. The highest BCUT2D eigenvalue weighted by molar-refractivity contribution is 7.99. The number of benzene rings is 1. The van der Waals surface area contributed by atoms with Gasteiger partial charge in [0.2, 0.25) is 10.2 Å². The lowest BCUT2D eigenvalue weighted by molar-refractivity contribution is -0.385. The Morgan fingerprint density at radius 3 is 2.70 bits per heavy atom. The Bertz CT molecular complexity index is 585. The maximum absolute atomic E-state index is 13.7. The highest BCUT2D eigenvalue weighted by atomic mass is 35.5. The number of halogens is 2. The number of nitrogens with zero attached hydrogens (tertiary/aromatic N) is 1. The molecule has 0 atom stereocenters. The standard InChI is InChI=1S/C12H13ClFNO4S/c13-9-4-11(14)10(12(5-9)15(16)17)3-1-2-8-6-20(18,19)7-8/h4-5,8H,1-3,6-7H2/p+1. The molecule has 1 aliphatic heterocycles. The van der Waals surface area contributed by atoms with Gasteiger partial charge < -0.3 is 0 Å². The second-order valence-corrected chi connectivity index (χ2v) is 7.65. The van der Waals surface area contributed by atoms with E-state index in [2.05, 4.69) is 0 Å². The summed E-state index contributed by atoms with van der Waals surface area (Å²) < 4.78 is 34.0. The molecule has 1 aliphatic rings. The third kappa shape index (κ3) is 3.53. The van der Waals surface area contributed by atoms with Crippen LogP contribution in [0.1, 0.15) is 18.4 Å². The van der Waals surface area contributed by atoms with E-state index in [0.717, 1.165) is 12.1 Å². The Labute approximate surface area is 121 Å². The predicted molar refractivity (Wildman–Crippen MR) is 74.9 cm³/mol. The molecule has 2 rings (SSSR count). The van der Waals surface area contributed by atoms with Crippen molar-refractivity contribution in [2.24, 2.45) is 5.92 Å². The van der Waals surface area contributed by atoms with Crippen molar-refractivity contribution in [1.82, 2.24) is 0 Å². The van der Waals surface area contributed by atoms with E-state index in [-0.39, 0.29) is 40.1 Å². The molecule has 1 N–H and O–H groups in total. The van der Waals surface area contributed by atoms with Gasteiger partial charge >= 0.3 is 0 Å². The van der Waals surface area contributed by atoms with Gasteiger partial charge in [-0.25, -0.2) is 4.39 Å². The van der Waals surface area contributed by atoms with Crippen LogP contribution >= 0.6 is 11.6 Å². The van der Waals surface area contributed by atoms with Crippen molar-refractivity contribution in [2.45, 2.75) is 19.3 Å². The summed E-state index contributed by atoms with van der Waals surface area (Å²) in [4.78, 5) is 10.2. The highest BCUT2D eigenvalue weighted by Gasteiger charge is 2.44. The van der Waals surface area contributed by atoms with E-state index in [1.54, 1.807) is 0 Å². The van der Waals surface area contributed by atoms with Gasteiger partial charge in [0, 0.05) is 6.07 Å². The smallest absolute Gasteiger partial charge is 0.258 e. The van der Waals surface area contributed by atoms with Gasteiger partial charge in [0.05, 0.1) is 21.4 Å². The molecule has 110 valence electrons. The fourth-order valence-electron chi connectivity index (χ4n) is 2.42. The highest BCUT2D eigenvalue weighted by Crippen LogP contribution is 2.31. The zero-order valence-electron chi connectivity index (χ0n) is 10.6. The van der Waals surface area contributed by atoms with E-state index in [9.17, 15) is 18.7 Å². The third-order valence-electron chi connectivity index (χ3n) is 3.36. The van der Waals surface area contributed by atoms with Crippen LogP contribution in [0.15, 0.2) is 12.1 Å². The van der Waals surface area contributed by atoms with Crippen LogP contribution in [0.2, 0.25) is 5.02 Å². The maximum Gasteiger partial charge on any atom is 0.277 e. The van der Waals surface area contributed by atoms with E-state index in [0.29, 0.717) is 12.8 Å². The van der Waals surface area contributed by atoms with Gasteiger partial charge in [-0.1, -0.05) is 15.8 Å². The van der Waals surface area contributed by atoms with Gasteiger partial charge in [0.1, 0.15) is 17.3 Å². The molecule has 0 spiro atoms. The minimum Gasteiger partial charge on any atom is -0.258 e. The van der Waals surface area contributed by atoms with Crippen molar-refractivity contribution < 1.29 is 18.1 Å². The third-order valence-corrected chi connectivity index (χ3v) is 5.57. The molecule has 1 heterocycles. The van der Waals surface area contributed by atoms with Gasteiger partial charge in [0.25, 0.3) is 5.69 Å². The SMILES string of the molecule is O=[N+]([O-])c1cc(Cl)cc(F)c1CCCC1C[S+](=O)(O)C1. The van der Waals surface area contributed by atoms with Crippen molar-refractivity contribution in [3.05, 3.63) is 38.7 Å². The summed E-state index contributed by atoms with van der Waals surface area (Å²) in [6.45, 7) is 0. The molecule has 0 aromatic heterocycles. The summed E-state index contributed by atoms with van der Waals surface area (Å²) >= 11 is 5.61. The summed E-state index contributed by atoms with van der Waals surface area (Å²) in [5.41, 5.74) is -0.266. The van der Waals surface area contributed by atoms with E-state index >= 15 is 0 Å². The van der Waals surface area contributed by atoms with Crippen molar-refractivity contribution in [3.8, 4) is 0 Å². The van der Waals surface area contributed by atoms with Crippen LogP contribution in [0.3, 0.4) is 0 Å². The summed E-state index contributed by atoms with van der Waals surface area (Å²) in [7, 11) is -2.61. The van der Waals surface area contributed by atoms with Crippen LogP contribution in [0.5, 0.6) is 0 Å². The van der Waals surface area contributed by atoms with Crippen molar-refractivity contribution in [1.29, 1.82) is 0 Å². The molecule has 1 fully saturated rings. The molecule has 8 heteroatoms. The maximum atomic E-state index is 13.7. The normalized spacial score (nSPS) is 25.2. The summed E-state index contributed by atoms with van der Waals surface area (Å²) in [5, 5.41) is 10.9. The molecule has 0 radical (unpaired) electrons. The fraction of sp³-hybridized carbons (Fsp3) is 0.500. The van der Waals surface area contributed by atoms with Crippen molar-refractivity contribution in [2.75, 3.05) is 11.5 Å².